The van der Waals surface area contributed by atoms with Gasteiger partial charge >= 0.3 is 0 Å². The first-order valence-electron chi connectivity index (χ1n) is 19.5. The number of nitrogens with one attached hydrogen (secondary N) is 1. The molecule has 4 nitrogen and oxygen atoms in total. The molecule has 2 atom stereocenters. The fourth-order valence-electron chi connectivity index (χ4n) is 4.63. The summed E-state index contributed by atoms with van der Waals surface area (Å²) in [7, 11) is 0. The Hall–Kier alpha value is -3.73. The van der Waals surface area contributed by atoms with Crippen LogP contribution in [0.25, 0.3) is 0 Å². The van der Waals surface area contributed by atoms with Gasteiger partial charge in [0.05, 0.1) is 18.8 Å². The maximum absolute atomic E-state index is 12.3. The molecular formula is C47H71NO3. The van der Waals surface area contributed by atoms with Crippen LogP contribution in [0.2, 0.25) is 0 Å². The van der Waals surface area contributed by atoms with Gasteiger partial charge in [-0.2, -0.15) is 0 Å². The lowest BCUT2D eigenvalue weighted by atomic mass is 10.1. The number of unbranched alkanes of at least 4 members (excludes halogenated alkanes) is 3. The van der Waals surface area contributed by atoms with E-state index in [9.17, 15) is 15.0 Å². The van der Waals surface area contributed by atoms with Gasteiger partial charge < -0.3 is 15.5 Å². The molecule has 2 unspecified atom stereocenters. The zero-order chi connectivity index (χ0) is 37.1. The summed E-state index contributed by atoms with van der Waals surface area (Å²) >= 11 is 0. The van der Waals surface area contributed by atoms with Crippen LogP contribution < -0.4 is 5.32 Å². The number of hydrogen-bond donors (Lipinski definition) is 3. The van der Waals surface area contributed by atoms with Crippen molar-refractivity contribution in [3.05, 3.63) is 146 Å². The summed E-state index contributed by atoms with van der Waals surface area (Å²) in [5.41, 5.74) is 0. The molecule has 0 aliphatic rings. The SMILES string of the molecule is CC/C=C\C/C=C\C/C=C\C/C=C\C/C=C\C/C=C\C/C=C\C/C=C\C/C=C\CCCC(=O)NC(CO)C(O)/C=C/CC/C=C/CC/C=C/CC. The van der Waals surface area contributed by atoms with Gasteiger partial charge in [0.1, 0.15) is 0 Å². The van der Waals surface area contributed by atoms with Crippen molar-refractivity contribution in [2.45, 2.75) is 135 Å². The molecule has 0 heterocycles. The Balaban J connectivity index is 3.85. The Morgan fingerprint density at radius 3 is 1.18 bits per heavy atom. The molecule has 0 radical (unpaired) electrons. The Morgan fingerprint density at radius 2 is 0.784 bits per heavy atom. The number of carbonyl (C=O) groups excluding carboxylic acids is 1. The molecule has 0 aromatic rings. The first-order chi connectivity index (χ1) is 25.2. The summed E-state index contributed by atoms with van der Waals surface area (Å²) in [5, 5.41) is 22.7. The third-order valence-corrected chi connectivity index (χ3v) is 7.55. The zero-order valence-electron chi connectivity index (χ0n) is 32.0. The van der Waals surface area contributed by atoms with Gasteiger partial charge in [0.15, 0.2) is 0 Å². The first-order valence-corrected chi connectivity index (χ1v) is 19.5. The van der Waals surface area contributed by atoms with Crippen LogP contribution in [-0.2, 0) is 4.79 Å². The van der Waals surface area contributed by atoms with Crippen LogP contribution in [0.1, 0.15) is 123 Å². The third-order valence-electron chi connectivity index (χ3n) is 7.55. The van der Waals surface area contributed by atoms with Crippen molar-refractivity contribution in [2.75, 3.05) is 6.61 Å². The molecule has 4 heteroatoms. The maximum Gasteiger partial charge on any atom is 0.220 e. The summed E-state index contributed by atoms with van der Waals surface area (Å²) in [6, 6.07) is -0.685. The molecule has 0 bridgehead atoms. The second kappa shape index (κ2) is 40.7. The number of carbonyl (C=O) groups is 1. The third kappa shape index (κ3) is 37.4. The van der Waals surface area contributed by atoms with Crippen molar-refractivity contribution >= 4 is 5.91 Å². The summed E-state index contributed by atoms with van der Waals surface area (Å²) in [5.74, 6) is -0.148. The molecule has 1 amide bonds. The maximum atomic E-state index is 12.3. The molecule has 51 heavy (non-hydrogen) atoms. The summed E-state index contributed by atoms with van der Waals surface area (Å²) in [6.07, 6.45) is 66.7. The van der Waals surface area contributed by atoms with Gasteiger partial charge in [0.25, 0.3) is 0 Å². The van der Waals surface area contributed by atoms with E-state index in [0.717, 1.165) is 103 Å². The molecule has 0 aromatic carbocycles. The summed E-state index contributed by atoms with van der Waals surface area (Å²) < 4.78 is 0. The van der Waals surface area contributed by atoms with Crippen LogP contribution in [0, 0.1) is 0 Å². The molecule has 0 saturated carbocycles. The van der Waals surface area contributed by atoms with Gasteiger partial charge in [0.2, 0.25) is 5.91 Å². The number of amides is 1. The van der Waals surface area contributed by atoms with Crippen molar-refractivity contribution in [1.82, 2.24) is 5.32 Å². The highest BCUT2D eigenvalue weighted by Crippen LogP contribution is 2.04. The lowest BCUT2D eigenvalue weighted by molar-refractivity contribution is -0.122. The normalized spacial score (nSPS) is 14.7. The number of allylic oxidation sites excluding steroid dienone is 23. The van der Waals surface area contributed by atoms with Crippen LogP contribution in [0.3, 0.4) is 0 Å². The van der Waals surface area contributed by atoms with E-state index in [1.165, 1.54) is 0 Å². The second-order valence-electron chi connectivity index (χ2n) is 12.2. The smallest absolute Gasteiger partial charge is 0.220 e. The minimum absolute atomic E-state index is 0.148. The van der Waals surface area contributed by atoms with Crippen LogP contribution in [0.4, 0.5) is 0 Å². The fourth-order valence-corrected chi connectivity index (χ4v) is 4.63. The minimum Gasteiger partial charge on any atom is -0.394 e. The number of aliphatic hydroxyl groups is 2. The van der Waals surface area contributed by atoms with Crippen molar-refractivity contribution in [3.8, 4) is 0 Å². The van der Waals surface area contributed by atoms with E-state index in [2.05, 4.69) is 153 Å². The van der Waals surface area contributed by atoms with Gasteiger partial charge in [-0.15, -0.1) is 0 Å². The van der Waals surface area contributed by atoms with Gasteiger partial charge in [-0.1, -0.05) is 160 Å². The molecule has 0 spiro atoms. The van der Waals surface area contributed by atoms with E-state index < -0.39 is 12.1 Å². The Kier molecular flexibility index (Phi) is 37.7. The van der Waals surface area contributed by atoms with E-state index >= 15 is 0 Å². The summed E-state index contributed by atoms with van der Waals surface area (Å²) in [4.78, 5) is 12.3. The molecular weight excluding hydrogens is 627 g/mol. The van der Waals surface area contributed by atoms with Crippen LogP contribution in [-0.4, -0.2) is 34.9 Å². The highest BCUT2D eigenvalue weighted by atomic mass is 16.3. The fraction of sp³-hybridized carbons (Fsp3) is 0.468. The zero-order valence-corrected chi connectivity index (χ0v) is 32.0. The molecule has 282 valence electrons. The van der Waals surface area contributed by atoms with Crippen molar-refractivity contribution in [2.24, 2.45) is 0 Å². The highest BCUT2D eigenvalue weighted by molar-refractivity contribution is 5.76. The molecule has 0 fully saturated rings. The monoisotopic (exact) mass is 698 g/mol. The molecule has 0 aliphatic heterocycles. The van der Waals surface area contributed by atoms with E-state index in [1.54, 1.807) is 6.08 Å². The van der Waals surface area contributed by atoms with Crippen LogP contribution >= 0.6 is 0 Å². The highest BCUT2D eigenvalue weighted by Gasteiger charge is 2.17. The summed E-state index contributed by atoms with van der Waals surface area (Å²) in [6.45, 7) is 3.99. The van der Waals surface area contributed by atoms with Crippen molar-refractivity contribution in [3.63, 3.8) is 0 Å². The van der Waals surface area contributed by atoms with Gasteiger partial charge in [-0.05, 0) is 103 Å². The molecule has 0 saturated heterocycles. The van der Waals surface area contributed by atoms with Gasteiger partial charge in [-0.25, -0.2) is 0 Å². The Labute approximate surface area is 313 Å². The average Bonchev–Trinajstić information content (AvgIpc) is 3.13. The predicted octanol–water partition coefficient (Wildman–Crippen LogP) is 12.2. The Bertz CT molecular complexity index is 1160. The molecule has 0 aliphatic carbocycles. The molecule has 0 aromatic heterocycles. The van der Waals surface area contributed by atoms with E-state index in [0.29, 0.717) is 6.42 Å². The topological polar surface area (TPSA) is 69.6 Å². The van der Waals surface area contributed by atoms with Gasteiger partial charge in [-0.3, -0.25) is 4.79 Å². The first kappa shape index (κ1) is 47.3. The lowest BCUT2D eigenvalue weighted by Crippen LogP contribution is -2.45. The van der Waals surface area contributed by atoms with Crippen molar-refractivity contribution in [1.29, 1.82) is 0 Å². The minimum atomic E-state index is -0.902. The standard InChI is InChI=1S/C47H71NO3/c1-3-5-7-9-11-13-15-16-17-18-19-20-21-22-23-24-25-26-27-28-29-30-31-32-33-35-37-39-41-43-47(51)48-45(44-49)46(50)42-40-38-36-34-14-12-10-8-6-4-2/h5-8,11,13-14,16-17,19-20,22-23,25-26,28-29,31-32,34-35,37,40,42,45-46,49-50H,3-4,9-10,12,15,18,21,24,27,30,33,36,38-39,41,43-44H2,1-2H3,(H,48,51)/b7-5-,8-6+,13-11-,17-16-,20-19-,23-22-,26-25-,29-28-,32-31-,34-14+,37-35-,42-40+. The van der Waals surface area contributed by atoms with Gasteiger partial charge in [0, 0.05) is 6.42 Å². The number of aliphatic hydroxyl groups excluding tert-OH is 2. The van der Waals surface area contributed by atoms with Crippen LogP contribution in [0.5, 0.6) is 0 Å². The van der Waals surface area contributed by atoms with E-state index in [4.69, 9.17) is 0 Å². The predicted molar refractivity (Wildman–Crippen MR) is 225 cm³/mol. The van der Waals surface area contributed by atoms with E-state index in [-0.39, 0.29) is 12.5 Å². The largest absolute Gasteiger partial charge is 0.394 e. The Morgan fingerprint density at radius 1 is 0.471 bits per heavy atom. The van der Waals surface area contributed by atoms with Crippen LogP contribution in [0.15, 0.2) is 146 Å². The van der Waals surface area contributed by atoms with Crippen molar-refractivity contribution < 1.29 is 15.0 Å². The average molecular weight is 698 g/mol. The lowest BCUT2D eigenvalue weighted by Gasteiger charge is -2.19. The quantitative estimate of drug-likeness (QED) is 0.0484. The second-order valence-corrected chi connectivity index (χ2v) is 12.2. The molecule has 3 N–H and O–H groups in total. The molecule has 0 rings (SSSR count). The number of hydrogen-bond acceptors (Lipinski definition) is 3. The number of rotatable bonds is 32. The van der Waals surface area contributed by atoms with E-state index in [1.807, 2.05) is 6.08 Å².